The Labute approximate surface area is 114 Å². The lowest BCUT2D eigenvalue weighted by molar-refractivity contribution is -0.135. The molecule has 0 aliphatic carbocycles. The van der Waals surface area contributed by atoms with Crippen LogP contribution in [0.1, 0.15) is 5.56 Å². The quantitative estimate of drug-likeness (QED) is 0.308. The van der Waals surface area contributed by atoms with Crippen molar-refractivity contribution in [1.82, 2.24) is 10.6 Å². The van der Waals surface area contributed by atoms with E-state index in [1.54, 1.807) is 12.1 Å². The minimum absolute atomic E-state index is 0.0619. The summed E-state index contributed by atoms with van der Waals surface area (Å²) in [5.41, 5.74) is 8.87. The van der Waals surface area contributed by atoms with Crippen molar-refractivity contribution in [3.8, 4) is 5.75 Å². The Bertz CT molecular complexity index is 582. The molecular formula is C12H13N5O3. The molecule has 1 aromatic carbocycles. The molecule has 0 radical (unpaired) electrons. The topological polar surface area (TPSA) is 127 Å². The predicted molar refractivity (Wildman–Crippen MR) is 69.7 cm³/mol. The second kappa shape index (κ2) is 5.94. The highest BCUT2D eigenvalue weighted by Crippen LogP contribution is 2.12. The van der Waals surface area contributed by atoms with Gasteiger partial charge in [0.25, 0.3) is 0 Å². The molecule has 3 N–H and O–H groups in total. The highest BCUT2D eigenvalue weighted by Gasteiger charge is 2.39. The van der Waals surface area contributed by atoms with Gasteiger partial charge in [-0.2, -0.15) is 0 Å². The van der Waals surface area contributed by atoms with Gasteiger partial charge in [0.05, 0.1) is 12.5 Å². The Morgan fingerprint density at radius 2 is 2.35 bits per heavy atom. The van der Waals surface area contributed by atoms with Crippen LogP contribution in [0.3, 0.4) is 0 Å². The number of hydrogen-bond donors (Lipinski definition) is 3. The fraction of sp³-hybridized carbons (Fsp3) is 0.333. The van der Waals surface area contributed by atoms with Crippen molar-refractivity contribution >= 4 is 11.8 Å². The number of β-lactam (4-membered cyclic amide) rings is 1. The van der Waals surface area contributed by atoms with E-state index in [-0.39, 0.29) is 36.6 Å². The molecule has 1 saturated heterocycles. The number of aromatic hydroxyl groups is 1. The lowest BCUT2D eigenvalue weighted by atomic mass is 9.98. The normalized spacial score (nSPS) is 20.3. The lowest BCUT2D eigenvalue weighted by Gasteiger charge is -2.36. The fourth-order valence-electron chi connectivity index (χ4n) is 1.96. The van der Waals surface area contributed by atoms with Crippen LogP contribution in [0, 0.1) is 0 Å². The minimum atomic E-state index is -0.676. The summed E-state index contributed by atoms with van der Waals surface area (Å²) in [6.45, 7) is 0.0965. The largest absolute Gasteiger partial charge is 0.508 e. The summed E-state index contributed by atoms with van der Waals surface area (Å²) in [5, 5.41) is 17.8. The molecule has 1 aliphatic heterocycles. The van der Waals surface area contributed by atoms with E-state index in [1.165, 1.54) is 12.1 Å². The summed E-state index contributed by atoms with van der Waals surface area (Å²) in [6, 6.07) is 5.29. The first kappa shape index (κ1) is 13.7. The average molecular weight is 275 g/mol. The number of nitrogens with one attached hydrogen (secondary N) is 2. The van der Waals surface area contributed by atoms with Gasteiger partial charge in [0.15, 0.2) is 0 Å². The summed E-state index contributed by atoms with van der Waals surface area (Å²) in [6.07, 6.45) is 0.0619. The molecular weight excluding hydrogens is 262 g/mol. The zero-order valence-electron chi connectivity index (χ0n) is 10.5. The molecule has 2 rings (SSSR count). The molecule has 8 nitrogen and oxygen atoms in total. The molecule has 20 heavy (non-hydrogen) atoms. The second-order valence-corrected chi connectivity index (χ2v) is 4.42. The van der Waals surface area contributed by atoms with E-state index in [4.69, 9.17) is 5.53 Å². The summed E-state index contributed by atoms with van der Waals surface area (Å²) >= 11 is 0. The van der Waals surface area contributed by atoms with Crippen LogP contribution in [0.2, 0.25) is 0 Å². The summed E-state index contributed by atoms with van der Waals surface area (Å²) in [5.74, 6) is -0.549. The molecule has 8 heteroatoms. The van der Waals surface area contributed by atoms with Gasteiger partial charge in [0.2, 0.25) is 11.8 Å². The Balaban J connectivity index is 1.90. The van der Waals surface area contributed by atoms with Crippen LogP contribution < -0.4 is 10.6 Å². The van der Waals surface area contributed by atoms with Gasteiger partial charge < -0.3 is 15.7 Å². The number of carbonyl (C=O) groups excluding carboxylic acids is 2. The first-order valence-electron chi connectivity index (χ1n) is 5.98. The van der Waals surface area contributed by atoms with Crippen molar-refractivity contribution in [2.24, 2.45) is 5.11 Å². The van der Waals surface area contributed by atoms with Crippen LogP contribution in [0.5, 0.6) is 5.75 Å². The number of nitrogens with zero attached hydrogens (tertiary/aromatic N) is 3. The molecule has 2 atom stereocenters. The van der Waals surface area contributed by atoms with E-state index in [0.29, 0.717) is 5.56 Å². The van der Waals surface area contributed by atoms with Gasteiger partial charge in [-0.15, -0.1) is 0 Å². The summed E-state index contributed by atoms with van der Waals surface area (Å²) in [7, 11) is 0. The molecule has 1 fully saturated rings. The van der Waals surface area contributed by atoms with Crippen molar-refractivity contribution in [3.05, 3.63) is 40.3 Å². The molecule has 0 aromatic heterocycles. The molecule has 2 unspecified atom stereocenters. The van der Waals surface area contributed by atoms with E-state index in [0.717, 1.165) is 0 Å². The Morgan fingerprint density at radius 1 is 1.55 bits per heavy atom. The van der Waals surface area contributed by atoms with E-state index in [9.17, 15) is 14.7 Å². The predicted octanol–water partition coefficient (Wildman–Crippen LogP) is 0.228. The molecule has 1 aromatic rings. The number of hydrogen-bond acceptors (Lipinski definition) is 4. The van der Waals surface area contributed by atoms with Gasteiger partial charge in [-0.25, -0.2) is 0 Å². The standard InChI is InChI=1S/C12H13N5O3/c13-17-14-6-9-11(12(20)15-9)16-10(19)5-7-2-1-3-8(18)4-7/h1-4,9,11,18H,5-6H2,(H,15,20)(H,16,19). The van der Waals surface area contributed by atoms with Crippen LogP contribution in [0.4, 0.5) is 0 Å². The van der Waals surface area contributed by atoms with Crippen molar-refractivity contribution in [3.63, 3.8) is 0 Å². The smallest absolute Gasteiger partial charge is 0.245 e. The lowest BCUT2D eigenvalue weighted by Crippen LogP contribution is -2.70. The maximum atomic E-state index is 11.8. The Morgan fingerprint density at radius 3 is 3.00 bits per heavy atom. The summed E-state index contributed by atoms with van der Waals surface area (Å²) < 4.78 is 0. The van der Waals surface area contributed by atoms with Gasteiger partial charge in [-0.3, -0.25) is 9.59 Å². The number of rotatable bonds is 5. The number of amides is 2. The Kier molecular flexibility index (Phi) is 4.07. The van der Waals surface area contributed by atoms with E-state index in [2.05, 4.69) is 20.7 Å². The van der Waals surface area contributed by atoms with E-state index >= 15 is 0 Å². The maximum absolute atomic E-state index is 11.8. The highest BCUT2D eigenvalue weighted by atomic mass is 16.3. The van der Waals surface area contributed by atoms with Gasteiger partial charge in [-0.05, 0) is 23.2 Å². The molecule has 1 aliphatic rings. The van der Waals surface area contributed by atoms with Crippen molar-refractivity contribution in [2.75, 3.05) is 6.54 Å². The molecule has 2 amide bonds. The van der Waals surface area contributed by atoms with Crippen LogP contribution in [-0.2, 0) is 16.0 Å². The zero-order valence-corrected chi connectivity index (χ0v) is 10.5. The maximum Gasteiger partial charge on any atom is 0.245 e. The highest BCUT2D eigenvalue weighted by molar-refractivity contribution is 5.93. The first-order chi connectivity index (χ1) is 9.60. The van der Waals surface area contributed by atoms with Crippen molar-refractivity contribution < 1.29 is 14.7 Å². The average Bonchev–Trinajstić information content (AvgIpc) is 2.41. The zero-order chi connectivity index (χ0) is 14.5. The third-order valence-corrected chi connectivity index (χ3v) is 2.95. The molecule has 104 valence electrons. The second-order valence-electron chi connectivity index (χ2n) is 4.42. The molecule has 0 spiro atoms. The Hall–Kier alpha value is -2.73. The van der Waals surface area contributed by atoms with Gasteiger partial charge >= 0.3 is 0 Å². The van der Waals surface area contributed by atoms with Gasteiger partial charge in [0.1, 0.15) is 11.8 Å². The van der Waals surface area contributed by atoms with Crippen LogP contribution in [-0.4, -0.2) is 35.5 Å². The van der Waals surface area contributed by atoms with E-state index in [1.807, 2.05) is 0 Å². The van der Waals surface area contributed by atoms with Crippen LogP contribution >= 0.6 is 0 Å². The van der Waals surface area contributed by atoms with Crippen molar-refractivity contribution in [1.29, 1.82) is 0 Å². The number of carbonyl (C=O) groups is 2. The third-order valence-electron chi connectivity index (χ3n) is 2.95. The van der Waals surface area contributed by atoms with Crippen molar-refractivity contribution in [2.45, 2.75) is 18.5 Å². The number of benzene rings is 1. The summed E-state index contributed by atoms with van der Waals surface area (Å²) in [4.78, 5) is 25.8. The van der Waals surface area contributed by atoms with Gasteiger partial charge in [0, 0.05) is 11.5 Å². The SMILES string of the molecule is [N-]=[N+]=NCC1NC(=O)C1NC(=O)Cc1cccc(O)c1. The number of azide groups is 1. The van der Waals surface area contributed by atoms with E-state index < -0.39 is 6.04 Å². The monoisotopic (exact) mass is 275 g/mol. The number of phenolic OH excluding ortho intramolecular Hbond substituents is 1. The number of phenols is 1. The minimum Gasteiger partial charge on any atom is -0.508 e. The first-order valence-corrected chi connectivity index (χ1v) is 5.98. The van der Waals surface area contributed by atoms with Crippen LogP contribution in [0.25, 0.3) is 10.4 Å². The van der Waals surface area contributed by atoms with Crippen LogP contribution in [0.15, 0.2) is 29.4 Å². The van der Waals surface area contributed by atoms with Gasteiger partial charge in [-0.1, -0.05) is 17.2 Å². The molecule has 0 bridgehead atoms. The third kappa shape index (κ3) is 3.18. The molecule has 1 heterocycles. The molecule has 0 saturated carbocycles. The fourth-order valence-corrected chi connectivity index (χ4v) is 1.96.